The largest absolute Gasteiger partial charge is 0.497 e. The maximum atomic E-state index is 13.5. The molecule has 4 nitrogen and oxygen atoms in total. The highest BCUT2D eigenvalue weighted by molar-refractivity contribution is 7.98. The number of hydrogen-bond acceptors (Lipinski definition) is 4. The Morgan fingerprint density at radius 2 is 2.26 bits per heavy atom. The third-order valence-corrected chi connectivity index (χ3v) is 3.05. The van der Waals surface area contributed by atoms with Crippen molar-refractivity contribution in [2.45, 2.75) is 12.5 Å². The molecule has 0 aliphatic rings. The number of carbonyl (C=O) groups is 1. The van der Waals surface area contributed by atoms with Crippen LogP contribution in [0, 0.1) is 5.82 Å². The Morgan fingerprint density at radius 1 is 1.58 bits per heavy atom. The first kappa shape index (κ1) is 18.0. The number of rotatable bonds is 6. The molecule has 0 aromatic heterocycles. The van der Waals surface area contributed by atoms with Gasteiger partial charge in [-0.15, -0.1) is 12.4 Å². The quantitative estimate of drug-likeness (QED) is 0.846. The van der Waals surface area contributed by atoms with E-state index in [1.165, 1.54) is 25.3 Å². The van der Waals surface area contributed by atoms with E-state index < -0.39 is 17.8 Å². The van der Waals surface area contributed by atoms with Gasteiger partial charge < -0.3 is 15.8 Å². The Kier molecular flexibility index (Phi) is 8.54. The second-order valence-electron chi connectivity index (χ2n) is 3.72. The van der Waals surface area contributed by atoms with E-state index in [0.717, 1.165) is 5.75 Å². The van der Waals surface area contributed by atoms with Crippen molar-refractivity contribution in [1.82, 2.24) is 0 Å². The van der Waals surface area contributed by atoms with Crippen molar-refractivity contribution >= 4 is 35.8 Å². The number of amides is 1. The molecule has 0 unspecified atom stereocenters. The summed E-state index contributed by atoms with van der Waals surface area (Å²) in [6, 6.07) is 3.51. The van der Waals surface area contributed by atoms with Gasteiger partial charge in [0.05, 0.1) is 18.8 Å². The zero-order valence-corrected chi connectivity index (χ0v) is 12.4. The van der Waals surface area contributed by atoms with Crippen LogP contribution in [-0.2, 0) is 4.79 Å². The predicted octanol–water partition coefficient (Wildman–Crippen LogP) is 2.28. The fraction of sp³-hybridized carbons (Fsp3) is 0.417. The second-order valence-corrected chi connectivity index (χ2v) is 4.71. The lowest BCUT2D eigenvalue weighted by Gasteiger charge is -2.12. The van der Waals surface area contributed by atoms with Crippen LogP contribution < -0.4 is 15.8 Å². The molecule has 7 heteroatoms. The van der Waals surface area contributed by atoms with E-state index in [-0.39, 0.29) is 18.1 Å². The number of nitrogens with one attached hydrogen (secondary N) is 1. The monoisotopic (exact) mass is 308 g/mol. The van der Waals surface area contributed by atoms with Gasteiger partial charge in [-0.3, -0.25) is 4.79 Å². The molecule has 0 aliphatic heterocycles. The molecule has 0 saturated heterocycles. The highest BCUT2D eigenvalue weighted by Gasteiger charge is 2.15. The first-order chi connectivity index (χ1) is 8.58. The van der Waals surface area contributed by atoms with Gasteiger partial charge in [0.1, 0.15) is 11.6 Å². The molecule has 1 aromatic carbocycles. The summed E-state index contributed by atoms with van der Waals surface area (Å²) in [4.78, 5) is 11.7. The van der Waals surface area contributed by atoms with Gasteiger partial charge >= 0.3 is 0 Å². The first-order valence-electron chi connectivity index (χ1n) is 5.47. The summed E-state index contributed by atoms with van der Waals surface area (Å²) in [5.74, 6) is 0.358. The maximum absolute atomic E-state index is 13.5. The number of hydrogen-bond donors (Lipinski definition) is 2. The van der Waals surface area contributed by atoms with Crippen molar-refractivity contribution in [3.8, 4) is 5.75 Å². The van der Waals surface area contributed by atoms with E-state index in [9.17, 15) is 9.18 Å². The van der Waals surface area contributed by atoms with E-state index in [4.69, 9.17) is 10.5 Å². The lowest BCUT2D eigenvalue weighted by molar-refractivity contribution is -0.117. The van der Waals surface area contributed by atoms with Crippen LogP contribution in [0.4, 0.5) is 10.1 Å². The number of nitrogens with two attached hydrogens (primary N) is 1. The molecular weight excluding hydrogens is 291 g/mol. The topological polar surface area (TPSA) is 64.3 Å². The van der Waals surface area contributed by atoms with Crippen LogP contribution in [0.1, 0.15) is 6.42 Å². The molecule has 0 saturated carbocycles. The zero-order chi connectivity index (χ0) is 13.5. The summed E-state index contributed by atoms with van der Waals surface area (Å²) in [7, 11) is 1.48. The lowest BCUT2D eigenvalue weighted by atomic mass is 10.2. The standard InChI is InChI=1S/C12H17FN2O2S.ClH/c1-17-8-3-4-9(13)11(7-8)15-12(16)10(14)5-6-18-2;/h3-4,7,10H,5-6,14H2,1-2H3,(H,15,16);1H/t10-;/m0./s1. The van der Waals surface area contributed by atoms with Crippen molar-refractivity contribution < 1.29 is 13.9 Å². The van der Waals surface area contributed by atoms with Gasteiger partial charge in [0.25, 0.3) is 0 Å². The van der Waals surface area contributed by atoms with Crippen LogP contribution in [0.3, 0.4) is 0 Å². The van der Waals surface area contributed by atoms with E-state index in [2.05, 4.69) is 5.32 Å². The number of benzene rings is 1. The average molecular weight is 309 g/mol. The molecular formula is C12H18ClFN2O2S. The van der Waals surface area contributed by atoms with Crippen molar-refractivity contribution in [2.24, 2.45) is 5.73 Å². The van der Waals surface area contributed by atoms with Crippen molar-refractivity contribution in [3.63, 3.8) is 0 Å². The summed E-state index contributed by atoms with van der Waals surface area (Å²) >= 11 is 1.61. The van der Waals surface area contributed by atoms with Gasteiger partial charge in [-0.2, -0.15) is 11.8 Å². The Balaban J connectivity index is 0.00000324. The Labute approximate surface area is 122 Å². The first-order valence-corrected chi connectivity index (χ1v) is 6.86. The Bertz CT molecular complexity index is 421. The molecule has 0 heterocycles. The van der Waals surface area contributed by atoms with Crippen molar-refractivity contribution in [2.75, 3.05) is 24.4 Å². The molecule has 1 atom stereocenters. The van der Waals surface area contributed by atoms with Gasteiger partial charge in [-0.25, -0.2) is 4.39 Å². The number of halogens is 2. The van der Waals surface area contributed by atoms with E-state index in [1.807, 2.05) is 6.26 Å². The molecule has 1 rings (SSSR count). The van der Waals surface area contributed by atoms with Gasteiger partial charge in [-0.05, 0) is 30.6 Å². The summed E-state index contributed by atoms with van der Waals surface area (Å²) in [5, 5.41) is 2.47. The fourth-order valence-electron chi connectivity index (χ4n) is 1.33. The smallest absolute Gasteiger partial charge is 0.241 e. The number of carbonyl (C=O) groups excluding carboxylic acids is 1. The number of anilines is 1. The minimum atomic E-state index is -0.636. The zero-order valence-electron chi connectivity index (χ0n) is 10.8. The number of methoxy groups -OCH3 is 1. The fourth-order valence-corrected chi connectivity index (χ4v) is 1.82. The number of thioether (sulfide) groups is 1. The minimum Gasteiger partial charge on any atom is -0.497 e. The summed E-state index contributed by atoms with van der Waals surface area (Å²) in [6.45, 7) is 0. The average Bonchev–Trinajstić information content (AvgIpc) is 2.38. The minimum absolute atomic E-state index is 0. The van der Waals surface area contributed by atoms with Gasteiger partial charge in [0.15, 0.2) is 0 Å². The number of ether oxygens (including phenoxy) is 1. The van der Waals surface area contributed by atoms with E-state index >= 15 is 0 Å². The highest BCUT2D eigenvalue weighted by atomic mass is 35.5. The molecule has 1 aromatic rings. The third kappa shape index (κ3) is 5.67. The summed E-state index contributed by atoms with van der Waals surface area (Å²) in [6.07, 6.45) is 2.49. The Hall–Kier alpha value is -0.980. The van der Waals surface area contributed by atoms with Crippen LogP contribution >= 0.6 is 24.2 Å². The summed E-state index contributed by atoms with van der Waals surface area (Å²) < 4.78 is 18.4. The molecule has 0 bridgehead atoms. The van der Waals surface area contributed by atoms with Crippen LogP contribution in [0.25, 0.3) is 0 Å². The molecule has 108 valence electrons. The summed E-state index contributed by atoms with van der Waals surface area (Å²) in [5.41, 5.74) is 5.78. The molecule has 19 heavy (non-hydrogen) atoms. The normalized spacial score (nSPS) is 11.4. The molecule has 0 aliphatic carbocycles. The van der Waals surface area contributed by atoms with Gasteiger partial charge in [-0.1, -0.05) is 0 Å². The van der Waals surface area contributed by atoms with Crippen LogP contribution in [0.2, 0.25) is 0 Å². The molecule has 0 radical (unpaired) electrons. The van der Waals surface area contributed by atoms with Gasteiger partial charge in [0, 0.05) is 6.07 Å². The lowest BCUT2D eigenvalue weighted by Crippen LogP contribution is -2.36. The second kappa shape index (κ2) is 9.01. The van der Waals surface area contributed by atoms with E-state index in [1.54, 1.807) is 11.8 Å². The third-order valence-electron chi connectivity index (χ3n) is 2.40. The molecule has 0 fully saturated rings. The van der Waals surface area contributed by atoms with Crippen LogP contribution in [-0.4, -0.2) is 31.1 Å². The molecule has 0 spiro atoms. The molecule has 3 N–H and O–H groups in total. The highest BCUT2D eigenvalue weighted by Crippen LogP contribution is 2.21. The maximum Gasteiger partial charge on any atom is 0.241 e. The van der Waals surface area contributed by atoms with Crippen molar-refractivity contribution in [3.05, 3.63) is 24.0 Å². The molecule has 1 amide bonds. The van der Waals surface area contributed by atoms with Crippen LogP contribution in [0.15, 0.2) is 18.2 Å². The SMILES string of the molecule is COc1ccc(F)c(NC(=O)[C@@H](N)CCSC)c1.Cl. The Morgan fingerprint density at radius 3 is 2.84 bits per heavy atom. The van der Waals surface area contributed by atoms with Crippen LogP contribution in [0.5, 0.6) is 5.75 Å². The van der Waals surface area contributed by atoms with E-state index in [0.29, 0.717) is 12.2 Å². The van der Waals surface area contributed by atoms with Crippen molar-refractivity contribution in [1.29, 1.82) is 0 Å². The van der Waals surface area contributed by atoms with Gasteiger partial charge in [0.2, 0.25) is 5.91 Å². The predicted molar refractivity (Wildman–Crippen MR) is 79.8 cm³/mol.